The molecule has 0 aliphatic heterocycles. The van der Waals surface area contributed by atoms with Gasteiger partial charge in [-0.3, -0.25) is 0 Å². The first-order valence-corrected chi connectivity index (χ1v) is 11.1. The summed E-state index contributed by atoms with van der Waals surface area (Å²) >= 11 is 0. The smallest absolute Gasteiger partial charge is 0.118 e. The molecule has 0 spiro atoms. The van der Waals surface area contributed by atoms with Crippen LogP contribution in [0.5, 0.6) is 11.5 Å². The van der Waals surface area contributed by atoms with Gasteiger partial charge >= 0.3 is 0 Å². The molecule has 0 radical (unpaired) electrons. The van der Waals surface area contributed by atoms with Crippen molar-refractivity contribution in [3.05, 3.63) is 120 Å². The van der Waals surface area contributed by atoms with Crippen LogP contribution in [-0.2, 0) is 7.05 Å². The predicted molar refractivity (Wildman–Crippen MR) is 135 cm³/mol. The van der Waals surface area contributed by atoms with Crippen LogP contribution in [0.15, 0.2) is 103 Å². The normalized spacial score (nSPS) is 11.2. The van der Waals surface area contributed by atoms with Crippen molar-refractivity contribution in [2.45, 2.75) is 5.92 Å². The molecule has 0 amide bonds. The molecule has 0 atom stereocenters. The Kier molecular flexibility index (Phi) is 5.62. The highest BCUT2D eigenvalue weighted by atomic mass is 16.5. The van der Waals surface area contributed by atoms with Crippen LogP contribution in [0.3, 0.4) is 0 Å². The number of hydrogen-bond acceptors (Lipinski definition) is 2. The summed E-state index contributed by atoms with van der Waals surface area (Å²) in [6.45, 7) is 0. The lowest BCUT2D eigenvalue weighted by Gasteiger charge is -2.21. The molecule has 0 aliphatic carbocycles. The number of para-hydroxylation sites is 1. The topological polar surface area (TPSA) is 23.4 Å². The average molecular weight is 434 g/mol. The van der Waals surface area contributed by atoms with Crippen LogP contribution in [0, 0.1) is 0 Å². The zero-order valence-corrected chi connectivity index (χ0v) is 19.2. The van der Waals surface area contributed by atoms with Crippen molar-refractivity contribution in [2.24, 2.45) is 7.05 Å². The minimum absolute atomic E-state index is 0.0446. The van der Waals surface area contributed by atoms with E-state index < -0.39 is 0 Å². The molecule has 0 saturated carbocycles. The first-order chi connectivity index (χ1) is 16.2. The van der Waals surface area contributed by atoms with Gasteiger partial charge in [-0.25, -0.2) is 0 Å². The lowest BCUT2D eigenvalue weighted by Crippen LogP contribution is -2.06. The van der Waals surface area contributed by atoms with Gasteiger partial charge in [0, 0.05) is 23.9 Å². The van der Waals surface area contributed by atoms with E-state index in [0.29, 0.717) is 0 Å². The number of benzene rings is 4. The number of ether oxygens (including phenoxy) is 2. The number of aryl methyl sites for hydroxylation is 1. The predicted octanol–water partition coefficient (Wildman–Crippen LogP) is 7.04. The maximum absolute atomic E-state index is 5.44. The maximum Gasteiger partial charge on any atom is 0.118 e. The van der Waals surface area contributed by atoms with E-state index in [-0.39, 0.29) is 5.92 Å². The number of rotatable bonds is 6. The van der Waals surface area contributed by atoms with Crippen LogP contribution in [0.2, 0.25) is 0 Å². The van der Waals surface area contributed by atoms with E-state index in [1.54, 1.807) is 14.2 Å². The van der Waals surface area contributed by atoms with E-state index in [1.165, 1.54) is 38.9 Å². The van der Waals surface area contributed by atoms with Crippen LogP contribution in [0.4, 0.5) is 0 Å². The third-order valence-corrected chi connectivity index (χ3v) is 6.38. The van der Waals surface area contributed by atoms with Crippen LogP contribution in [-0.4, -0.2) is 18.8 Å². The van der Waals surface area contributed by atoms with Gasteiger partial charge in [0.15, 0.2) is 0 Å². The highest BCUT2D eigenvalue weighted by Gasteiger charge is 2.26. The van der Waals surface area contributed by atoms with E-state index in [9.17, 15) is 0 Å². The summed E-state index contributed by atoms with van der Waals surface area (Å²) in [4.78, 5) is 0. The van der Waals surface area contributed by atoms with Crippen molar-refractivity contribution in [3.63, 3.8) is 0 Å². The molecule has 33 heavy (non-hydrogen) atoms. The molecule has 0 bridgehead atoms. The molecular formula is C30H27NO2. The summed E-state index contributed by atoms with van der Waals surface area (Å²) in [7, 11) is 5.57. The summed E-state index contributed by atoms with van der Waals surface area (Å²) < 4.78 is 13.2. The zero-order chi connectivity index (χ0) is 22.8. The fourth-order valence-electron chi connectivity index (χ4n) is 4.78. The van der Waals surface area contributed by atoms with E-state index >= 15 is 0 Å². The Morgan fingerprint density at radius 1 is 0.606 bits per heavy atom. The molecule has 5 aromatic rings. The highest BCUT2D eigenvalue weighted by molar-refractivity contribution is 5.93. The molecule has 3 heteroatoms. The summed E-state index contributed by atoms with van der Waals surface area (Å²) in [6, 6.07) is 36.2. The van der Waals surface area contributed by atoms with Gasteiger partial charge in [0.25, 0.3) is 0 Å². The summed E-state index contributed by atoms with van der Waals surface area (Å²) in [6.07, 6.45) is 0. The summed E-state index contributed by atoms with van der Waals surface area (Å²) in [5.41, 5.74) is 7.39. The van der Waals surface area contributed by atoms with Crippen molar-refractivity contribution >= 4 is 10.9 Å². The minimum atomic E-state index is 0.0446. The summed E-state index contributed by atoms with van der Waals surface area (Å²) in [5, 5.41) is 1.26. The molecule has 0 fully saturated rings. The molecule has 0 N–H and O–H groups in total. The van der Waals surface area contributed by atoms with Gasteiger partial charge in [-0.2, -0.15) is 0 Å². The Balaban J connectivity index is 1.83. The summed E-state index contributed by atoms with van der Waals surface area (Å²) in [5.74, 6) is 1.75. The van der Waals surface area contributed by atoms with Gasteiger partial charge in [-0.15, -0.1) is 0 Å². The number of hydrogen-bond donors (Lipinski definition) is 0. The fourth-order valence-corrected chi connectivity index (χ4v) is 4.78. The van der Waals surface area contributed by atoms with E-state index in [4.69, 9.17) is 9.47 Å². The Morgan fingerprint density at radius 2 is 1.12 bits per heavy atom. The van der Waals surface area contributed by atoms with Crippen molar-refractivity contribution in [2.75, 3.05) is 14.2 Å². The second-order valence-electron chi connectivity index (χ2n) is 8.18. The van der Waals surface area contributed by atoms with Crippen LogP contribution < -0.4 is 9.47 Å². The van der Waals surface area contributed by atoms with Crippen LogP contribution in [0.1, 0.15) is 22.6 Å². The number of nitrogens with zero attached hydrogens (tertiary/aromatic N) is 1. The highest BCUT2D eigenvalue weighted by Crippen LogP contribution is 2.44. The second kappa shape index (κ2) is 8.87. The molecular weight excluding hydrogens is 406 g/mol. The Bertz CT molecular complexity index is 1320. The molecule has 0 aliphatic rings. The molecule has 164 valence electrons. The van der Waals surface area contributed by atoms with Crippen molar-refractivity contribution in [3.8, 4) is 22.8 Å². The van der Waals surface area contributed by atoms with Gasteiger partial charge in [0.1, 0.15) is 11.5 Å². The number of aromatic nitrogens is 1. The molecule has 1 heterocycles. The van der Waals surface area contributed by atoms with Crippen LogP contribution >= 0.6 is 0 Å². The minimum Gasteiger partial charge on any atom is -0.497 e. The lowest BCUT2D eigenvalue weighted by molar-refractivity contribution is 0.414. The average Bonchev–Trinajstić information content (AvgIpc) is 3.18. The molecule has 1 aromatic heterocycles. The van der Waals surface area contributed by atoms with Crippen molar-refractivity contribution in [1.82, 2.24) is 4.57 Å². The molecule has 5 rings (SSSR count). The van der Waals surface area contributed by atoms with Gasteiger partial charge in [-0.1, -0.05) is 72.8 Å². The van der Waals surface area contributed by atoms with Gasteiger partial charge in [0.05, 0.1) is 19.9 Å². The Hall–Kier alpha value is -3.98. The monoisotopic (exact) mass is 433 g/mol. The van der Waals surface area contributed by atoms with E-state index in [1.807, 2.05) is 24.3 Å². The second-order valence-corrected chi connectivity index (χ2v) is 8.18. The first-order valence-electron chi connectivity index (χ1n) is 11.1. The van der Waals surface area contributed by atoms with E-state index in [0.717, 1.165) is 11.5 Å². The van der Waals surface area contributed by atoms with E-state index in [2.05, 4.69) is 90.5 Å². The molecule has 0 unspecified atom stereocenters. The Labute approximate surface area is 194 Å². The quantitative estimate of drug-likeness (QED) is 0.287. The fraction of sp³-hybridized carbons (Fsp3) is 0.133. The van der Waals surface area contributed by atoms with Crippen molar-refractivity contribution < 1.29 is 9.47 Å². The molecule has 0 saturated heterocycles. The van der Waals surface area contributed by atoms with Gasteiger partial charge in [0.2, 0.25) is 0 Å². The third kappa shape index (κ3) is 3.76. The number of methoxy groups -OCH3 is 2. The number of fused-ring (bicyclic) bond motifs is 1. The maximum atomic E-state index is 5.44. The zero-order valence-electron chi connectivity index (χ0n) is 19.2. The SMILES string of the molecule is COc1ccc(C(c2ccc(OC)cc2)c2c(-c3ccccc3)n(C)c3ccccc23)cc1. The van der Waals surface area contributed by atoms with Crippen LogP contribution in [0.25, 0.3) is 22.2 Å². The lowest BCUT2D eigenvalue weighted by atomic mass is 9.82. The largest absolute Gasteiger partial charge is 0.497 e. The van der Waals surface area contributed by atoms with Crippen molar-refractivity contribution in [1.29, 1.82) is 0 Å². The third-order valence-electron chi connectivity index (χ3n) is 6.38. The molecule has 4 aromatic carbocycles. The molecule has 3 nitrogen and oxygen atoms in total. The standard InChI is InChI=1S/C30H27NO2/c1-31-27-12-8-7-11-26(27)29(30(31)23-9-5-4-6-10-23)28(21-13-17-24(32-2)18-14-21)22-15-19-25(33-3)20-16-22/h4-20,28H,1-3H3. The van der Waals surface area contributed by atoms with Gasteiger partial charge < -0.3 is 14.0 Å². The van der Waals surface area contributed by atoms with Gasteiger partial charge in [-0.05, 0) is 52.6 Å². The Morgan fingerprint density at radius 3 is 1.67 bits per heavy atom. The first kappa shape index (κ1) is 20.9.